The first kappa shape index (κ1) is 11.3. The number of ether oxygens (including phenoxy) is 1. The minimum Gasteiger partial charge on any atom is -0.501 e. The predicted octanol–water partition coefficient (Wildman–Crippen LogP) is 3.59. The molecule has 18 heavy (non-hydrogen) atoms. The topological polar surface area (TPSA) is 37.9 Å². The van der Waals surface area contributed by atoms with Crippen LogP contribution in [0.3, 0.4) is 0 Å². The SMILES string of the molecule is CCCc1nc2c(C)cc(C3=COCC3)cc2[nH]1. The summed E-state index contributed by atoms with van der Waals surface area (Å²) in [6.07, 6.45) is 5.00. The highest BCUT2D eigenvalue weighted by Crippen LogP contribution is 2.28. The van der Waals surface area contributed by atoms with E-state index >= 15 is 0 Å². The fraction of sp³-hybridized carbons (Fsp3) is 0.400. The number of hydrogen-bond acceptors (Lipinski definition) is 2. The van der Waals surface area contributed by atoms with Crippen LogP contribution in [0.1, 0.15) is 36.7 Å². The molecule has 0 saturated heterocycles. The van der Waals surface area contributed by atoms with Crippen LogP contribution in [0.4, 0.5) is 0 Å². The van der Waals surface area contributed by atoms with Gasteiger partial charge in [-0.05, 0) is 42.2 Å². The van der Waals surface area contributed by atoms with Crippen molar-refractivity contribution in [3.8, 4) is 0 Å². The van der Waals surface area contributed by atoms with Gasteiger partial charge in [0, 0.05) is 12.8 Å². The van der Waals surface area contributed by atoms with Gasteiger partial charge in [0.15, 0.2) is 0 Å². The lowest BCUT2D eigenvalue weighted by Gasteiger charge is -2.02. The van der Waals surface area contributed by atoms with E-state index in [0.717, 1.165) is 42.7 Å². The van der Waals surface area contributed by atoms with Gasteiger partial charge in [0.25, 0.3) is 0 Å². The highest BCUT2D eigenvalue weighted by molar-refractivity contribution is 5.84. The molecule has 0 saturated carbocycles. The molecule has 1 aliphatic heterocycles. The summed E-state index contributed by atoms with van der Waals surface area (Å²) in [5.74, 6) is 1.09. The molecule has 94 valence electrons. The smallest absolute Gasteiger partial charge is 0.107 e. The molecule has 0 aliphatic carbocycles. The standard InChI is InChI=1S/C15H18N2O/c1-3-4-14-16-13-8-12(11-5-6-18-9-11)7-10(2)15(13)17-14/h7-9H,3-6H2,1-2H3,(H,16,17). The lowest BCUT2D eigenvalue weighted by molar-refractivity contribution is 0.281. The molecule has 3 heteroatoms. The predicted molar refractivity (Wildman–Crippen MR) is 73.4 cm³/mol. The second-order valence-corrected chi connectivity index (χ2v) is 4.89. The van der Waals surface area contributed by atoms with Crippen LogP contribution in [0.15, 0.2) is 18.4 Å². The molecule has 0 unspecified atom stereocenters. The molecule has 2 aromatic rings. The van der Waals surface area contributed by atoms with Crippen LogP contribution in [0.25, 0.3) is 16.6 Å². The van der Waals surface area contributed by atoms with Crippen LogP contribution in [0.2, 0.25) is 0 Å². The van der Waals surface area contributed by atoms with Gasteiger partial charge in [0.1, 0.15) is 5.82 Å². The third kappa shape index (κ3) is 1.90. The second-order valence-electron chi connectivity index (χ2n) is 4.89. The third-order valence-corrected chi connectivity index (χ3v) is 3.40. The van der Waals surface area contributed by atoms with Gasteiger partial charge in [-0.15, -0.1) is 0 Å². The maximum Gasteiger partial charge on any atom is 0.107 e. The van der Waals surface area contributed by atoms with E-state index in [0.29, 0.717) is 0 Å². The first-order valence-corrected chi connectivity index (χ1v) is 6.58. The van der Waals surface area contributed by atoms with Crippen LogP contribution >= 0.6 is 0 Å². The van der Waals surface area contributed by atoms with Gasteiger partial charge in [0.2, 0.25) is 0 Å². The summed E-state index contributed by atoms with van der Waals surface area (Å²) in [6.45, 7) is 5.10. The van der Waals surface area contributed by atoms with Crippen molar-refractivity contribution in [2.24, 2.45) is 0 Å². The lowest BCUT2D eigenvalue weighted by atomic mass is 10.0. The minimum atomic E-state index is 0.802. The number of aromatic amines is 1. The maximum absolute atomic E-state index is 5.32. The van der Waals surface area contributed by atoms with Gasteiger partial charge in [-0.1, -0.05) is 6.92 Å². The second kappa shape index (κ2) is 4.48. The highest BCUT2D eigenvalue weighted by Gasteiger charge is 2.12. The van der Waals surface area contributed by atoms with Crippen molar-refractivity contribution in [2.75, 3.05) is 6.61 Å². The summed E-state index contributed by atoms with van der Waals surface area (Å²) >= 11 is 0. The molecule has 1 aromatic carbocycles. The monoisotopic (exact) mass is 242 g/mol. The molecule has 0 radical (unpaired) electrons. The van der Waals surface area contributed by atoms with Crippen LogP contribution in [0, 0.1) is 6.92 Å². The van der Waals surface area contributed by atoms with Crippen LogP contribution in [-0.4, -0.2) is 16.6 Å². The number of benzene rings is 1. The molecular weight excluding hydrogens is 224 g/mol. The van der Waals surface area contributed by atoms with Gasteiger partial charge in [-0.2, -0.15) is 0 Å². The van der Waals surface area contributed by atoms with Crippen molar-refractivity contribution >= 4 is 16.6 Å². The normalized spacial score (nSPS) is 14.9. The number of rotatable bonds is 3. The number of hydrogen-bond donors (Lipinski definition) is 1. The van der Waals surface area contributed by atoms with E-state index in [9.17, 15) is 0 Å². The number of nitrogens with one attached hydrogen (secondary N) is 1. The Morgan fingerprint density at radius 3 is 3.00 bits per heavy atom. The molecule has 0 atom stereocenters. The number of aryl methyl sites for hydroxylation is 2. The van der Waals surface area contributed by atoms with Crippen LogP contribution in [-0.2, 0) is 11.2 Å². The number of aromatic nitrogens is 2. The Hall–Kier alpha value is -1.77. The van der Waals surface area contributed by atoms with Gasteiger partial charge >= 0.3 is 0 Å². The third-order valence-electron chi connectivity index (χ3n) is 3.40. The van der Waals surface area contributed by atoms with E-state index in [1.165, 1.54) is 16.7 Å². The number of H-pyrrole nitrogens is 1. The number of fused-ring (bicyclic) bond motifs is 1. The summed E-state index contributed by atoms with van der Waals surface area (Å²) < 4.78 is 5.32. The van der Waals surface area contributed by atoms with Crippen molar-refractivity contribution in [3.05, 3.63) is 35.3 Å². The fourth-order valence-corrected chi connectivity index (χ4v) is 2.48. The van der Waals surface area contributed by atoms with E-state index in [-0.39, 0.29) is 0 Å². The van der Waals surface area contributed by atoms with Crippen LogP contribution < -0.4 is 0 Å². The zero-order valence-corrected chi connectivity index (χ0v) is 10.9. The molecule has 0 bridgehead atoms. The van der Waals surface area contributed by atoms with E-state index in [2.05, 4.69) is 35.9 Å². The summed E-state index contributed by atoms with van der Waals surface area (Å²) in [4.78, 5) is 8.09. The summed E-state index contributed by atoms with van der Waals surface area (Å²) in [5.41, 5.74) is 6.01. The molecular formula is C15H18N2O. The molecule has 0 fully saturated rings. The molecule has 1 aromatic heterocycles. The lowest BCUT2D eigenvalue weighted by Crippen LogP contribution is -1.86. The van der Waals surface area contributed by atoms with Crippen molar-refractivity contribution in [1.29, 1.82) is 0 Å². The first-order valence-electron chi connectivity index (χ1n) is 6.58. The number of imidazole rings is 1. The first-order chi connectivity index (χ1) is 8.78. The van der Waals surface area contributed by atoms with Crippen molar-refractivity contribution in [1.82, 2.24) is 9.97 Å². The van der Waals surface area contributed by atoms with E-state index in [4.69, 9.17) is 4.74 Å². The summed E-state index contributed by atoms with van der Waals surface area (Å²) in [6, 6.07) is 4.40. The minimum absolute atomic E-state index is 0.802. The average Bonchev–Trinajstić information content (AvgIpc) is 2.97. The number of nitrogens with zero attached hydrogens (tertiary/aromatic N) is 1. The Bertz CT molecular complexity index is 610. The van der Waals surface area contributed by atoms with Crippen LogP contribution in [0.5, 0.6) is 0 Å². The Kier molecular flexibility index (Phi) is 2.82. The van der Waals surface area contributed by atoms with Gasteiger partial charge in [0.05, 0.1) is 23.9 Å². The molecule has 3 rings (SSSR count). The zero-order chi connectivity index (χ0) is 12.5. The van der Waals surface area contributed by atoms with Crippen molar-refractivity contribution < 1.29 is 4.74 Å². The molecule has 1 aliphatic rings. The average molecular weight is 242 g/mol. The highest BCUT2D eigenvalue weighted by atomic mass is 16.5. The Balaban J connectivity index is 2.08. The zero-order valence-electron chi connectivity index (χ0n) is 10.9. The van der Waals surface area contributed by atoms with E-state index in [1.54, 1.807) is 0 Å². The molecule has 1 N–H and O–H groups in total. The fourth-order valence-electron chi connectivity index (χ4n) is 2.48. The van der Waals surface area contributed by atoms with Gasteiger partial charge in [-0.3, -0.25) is 0 Å². The van der Waals surface area contributed by atoms with Gasteiger partial charge in [-0.25, -0.2) is 4.98 Å². The summed E-state index contributed by atoms with van der Waals surface area (Å²) in [7, 11) is 0. The molecule has 2 heterocycles. The Labute approximate surface area is 107 Å². The van der Waals surface area contributed by atoms with Crippen molar-refractivity contribution in [3.63, 3.8) is 0 Å². The Morgan fingerprint density at radius 1 is 1.39 bits per heavy atom. The summed E-state index contributed by atoms with van der Waals surface area (Å²) in [5, 5.41) is 0. The molecule has 3 nitrogen and oxygen atoms in total. The van der Waals surface area contributed by atoms with E-state index < -0.39 is 0 Å². The largest absolute Gasteiger partial charge is 0.501 e. The van der Waals surface area contributed by atoms with Crippen molar-refractivity contribution in [2.45, 2.75) is 33.1 Å². The molecule has 0 amide bonds. The molecule has 0 spiro atoms. The van der Waals surface area contributed by atoms with E-state index in [1.807, 2.05) is 6.26 Å². The maximum atomic E-state index is 5.32. The van der Waals surface area contributed by atoms with Gasteiger partial charge < -0.3 is 9.72 Å². The Morgan fingerprint density at radius 2 is 2.28 bits per heavy atom. The quantitative estimate of drug-likeness (QED) is 0.893.